The van der Waals surface area contributed by atoms with Crippen LogP contribution in [0.2, 0.25) is 0 Å². The van der Waals surface area contributed by atoms with Gasteiger partial charge in [-0.25, -0.2) is 0 Å². The van der Waals surface area contributed by atoms with Crippen molar-refractivity contribution in [3.8, 4) is 0 Å². The molecule has 1 amide bonds. The topological polar surface area (TPSA) is 38.3 Å². The summed E-state index contributed by atoms with van der Waals surface area (Å²) in [6, 6.07) is 0. The number of nitrogens with one attached hydrogen (secondary N) is 1. The van der Waals surface area contributed by atoms with E-state index in [1.54, 1.807) is 0 Å². The van der Waals surface area contributed by atoms with Gasteiger partial charge in [0.05, 0.1) is 11.6 Å². The Hall–Kier alpha value is -0.220. The Morgan fingerprint density at radius 1 is 1.77 bits per heavy atom. The zero-order chi connectivity index (χ0) is 9.90. The van der Waals surface area contributed by atoms with Gasteiger partial charge in [-0.15, -0.1) is 0 Å². The van der Waals surface area contributed by atoms with Gasteiger partial charge in [0.1, 0.15) is 0 Å². The lowest BCUT2D eigenvalue weighted by molar-refractivity contribution is -0.123. The molecule has 1 aliphatic rings. The fraction of sp³-hybridized carbons (Fsp3) is 0.889. The molecule has 13 heavy (non-hydrogen) atoms. The number of hydrogen-bond acceptors (Lipinski definition) is 3. The second kappa shape index (κ2) is 4.33. The highest BCUT2D eigenvalue weighted by molar-refractivity contribution is 7.80. The highest BCUT2D eigenvalue weighted by Crippen LogP contribution is 2.24. The first kappa shape index (κ1) is 10.9. The lowest BCUT2D eigenvalue weighted by Gasteiger charge is -2.28. The van der Waals surface area contributed by atoms with Gasteiger partial charge in [0.25, 0.3) is 0 Å². The van der Waals surface area contributed by atoms with Crippen molar-refractivity contribution in [2.75, 3.05) is 12.4 Å². The van der Waals surface area contributed by atoms with Gasteiger partial charge in [0.15, 0.2) is 0 Å². The number of carbonyl (C=O) groups excluding carboxylic acids is 1. The maximum atomic E-state index is 11.3. The molecule has 1 saturated heterocycles. The van der Waals surface area contributed by atoms with Crippen molar-refractivity contribution in [2.45, 2.75) is 38.3 Å². The summed E-state index contributed by atoms with van der Waals surface area (Å²) in [6.45, 7) is 4.76. The lowest BCUT2D eigenvalue weighted by atomic mass is 9.94. The maximum absolute atomic E-state index is 11.3. The lowest BCUT2D eigenvalue weighted by Crippen LogP contribution is -2.50. The van der Waals surface area contributed by atoms with Gasteiger partial charge in [-0.3, -0.25) is 4.79 Å². The first-order chi connectivity index (χ1) is 6.08. The number of carbonyl (C=O) groups is 1. The monoisotopic (exact) mass is 203 g/mol. The fourth-order valence-electron chi connectivity index (χ4n) is 1.48. The highest BCUT2D eigenvalue weighted by atomic mass is 32.1. The third kappa shape index (κ3) is 2.61. The van der Waals surface area contributed by atoms with Crippen molar-refractivity contribution in [3.63, 3.8) is 0 Å². The summed E-state index contributed by atoms with van der Waals surface area (Å²) < 4.78 is 5.41. The first-order valence-corrected chi connectivity index (χ1v) is 5.25. The summed E-state index contributed by atoms with van der Waals surface area (Å²) in [5.74, 6) is 0.659. The van der Waals surface area contributed by atoms with E-state index in [9.17, 15) is 4.79 Å². The van der Waals surface area contributed by atoms with Crippen molar-refractivity contribution in [3.05, 3.63) is 0 Å². The van der Waals surface area contributed by atoms with Crippen LogP contribution >= 0.6 is 12.6 Å². The van der Waals surface area contributed by atoms with E-state index >= 15 is 0 Å². The third-order valence-corrected chi connectivity index (χ3v) is 2.87. The quantitative estimate of drug-likeness (QED) is 0.671. The Labute approximate surface area is 84.6 Å². The van der Waals surface area contributed by atoms with Crippen molar-refractivity contribution in [1.82, 2.24) is 5.32 Å². The summed E-state index contributed by atoms with van der Waals surface area (Å²) in [7, 11) is 0. The van der Waals surface area contributed by atoms with E-state index in [0.29, 0.717) is 12.2 Å². The van der Waals surface area contributed by atoms with Crippen LogP contribution in [0.3, 0.4) is 0 Å². The van der Waals surface area contributed by atoms with Crippen LogP contribution < -0.4 is 5.32 Å². The normalized spacial score (nSPS) is 33.3. The molecule has 0 aromatic rings. The maximum Gasteiger partial charge on any atom is 0.221 e. The van der Waals surface area contributed by atoms with Crippen LogP contribution in [0.4, 0.5) is 0 Å². The Balaban J connectivity index is 2.46. The SMILES string of the molecule is CC1OCCC1(C)NC(=O)CCS. The molecule has 0 saturated carbocycles. The molecule has 0 aromatic heterocycles. The van der Waals surface area contributed by atoms with E-state index in [4.69, 9.17) is 4.74 Å². The van der Waals surface area contributed by atoms with Crippen LogP contribution in [0, 0.1) is 0 Å². The molecule has 0 bridgehead atoms. The van der Waals surface area contributed by atoms with Crippen LogP contribution in [-0.2, 0) is 9.53 Å². The first-order valence-electron chi connectivity index (χ1n) is 4.62. The van der Waals surface area contributed by atoms with Gasteiger partial charge < -0.3 is 10.1 Å². The number of thiol groups is 1. The van der Waals surface area contributed by atoms with E-state index in [1.807, 2.05) is 13.8 Å². The Kier molecular flexibility index (Phi) is 3.62. The van der Waals surface area contributed by atoms with E-state index in [1.165, 1.54) is 0 Å². The van der Waals surface area contributed by atoms with Crippen molar-refractivity contribution in [1.29, 1.82) is 0 Å². The molecular formula is C9H17NO2S. The van der Waals surface area contributed by atoms with Crippen molar-refractivity contribution in [2.24, 2.45) is 0 Å². The smallest absolute Gasteiger partial charge is 0.221 e. The van der Waals surface area contributed by atoms with E-state index in [0.717, 1.165) is 13.0 Å². The van der Waals surface area contributed by atoms with Gasteiger partial charge >= 0.3 is 0 Å². The summed E-state index contributed by atoms with van der Waals surface area (Å²) in [6.07, 6.45) is 1.48. The molecule has 2 atom stereocenters. The standard InChI is InChI=1S/C9H17NO2S/c1-7-9(2,4-5-12-7)10-8(11)3-6-13/h7,13H,3-6H2,1-2H3,(H,10,11). The second-order valence-corrected chi connectivity index (χ2v) is 4.15. The second-order valence-electron chi connectivity index (χ2n) is 3.70. The van der Waals surface area contributed by atoms with Crippen LogP contribution in [-0.4, -0.2) is 29.9 Å². The Morgan fingerprint density at radius 3 is 2.92 bits per heavy atom. The predicted molar refractivity (Wildman–Crippen MR) is 55.0 cm³/mol. The fourth-order valence-corrected chi connectivity index (χ4v) is 1.68. The molecule has 1 N–H and O–H groups in total. The zero-order valence-electron chi connectivity index (χ0n) is 8.17. The number of rotatable bonds is 3. The minimum atomic E-state index is -0.181. The molecule has 1 rings (SSSR count). The number of amides is 1. The van der Waals surface area contributed by atoms with Crippen LogP contribution in [0.15, 0.2) is 0 Å². The molecule has 0 aliphatic carbocycles. The Morgan fingerprint density at radius 2 is 2.46 bits per heavy atom. The predicted octanol–water partition coefficient (Wildman–Crippen LogP) is 0.990. The average molecular weight is 203 g/mol. The summed E-state index contributed by atoms with van der Waals surface area (Å²) in [5, 5.41) is 2.99. The molecule has 2 unspecified atom stereocenters. The van der Waals surface area contributed by atoms with E-state index in [-0.39, 0.29) is 17.6 Å². The third-order valence-electron chi connectivity index (χ3n) is 2.65. The van der Waals surface area contributed by atoms with Gasteiger partial charge in [0, 0.05) is 13.0 Å². The number of hydrogen-bond donors (Lipinski definition) is 2. The molecule has 0 radical (unpaired) electrons. The number of ether oxygens (including phenoxy) is 1. The molecule has 76 valence electrons. The zero-order valence-corrected chi connectivity index (χ0v) is 9.06. The minimum Gasteiger partial charge on any atom is -0.376 e. The minimum absolute atomic E-state index is 0.0647. The molecule has 1 aliphatic heterocycles. The average Bonchev–Trinajstić information content (AvgIpc) is 2.32. The summed E-state index contributed by atoms with van der Waals surface area (Å²) >= 11 is 4.01. The van der Waals surface area contributed by atoms with Crippen LogP contribution in [0.1, 0.15) is 26.7 Å². The molecule has 1 fully saturated rings. The summed E-state index contributed by atoms with van der Waals surface area (Å²) in [5.41, 5.74) is -0.181. The van der Waals surface area contributed by atoms with E-state index in [2.05, 4.69) is 17.9 Å². The molecular weight excluding hydrogens is 186 g/mol. The highest BCUT2D eigenvalue weighted by Gasteiger charge is 2.37. The van der Waals surface area contributed by atoms with Crippen molar-refractivity contribution < 1.29 is 9.53 Å². The Bertz CT molecular complexity index is 198. The van der Waals surface area contributed by atoms with Crippen LogP contribution in [0.5, 0.6) is 0 Å². The van der Waals surface area contributed by atoms with Crippen LogP contribution in [0.25, 0.3) is 0 Å². The van der Waals surface area contributed by atoms with Gasteiger partial charge in [-0.2, -0.15) is 12.6 Å². The molecule has 1 heterocycles. The van der Waals surface area contributed by atoms with E-state index < -0.39 is 0 Å². The van der Waals surface area contributed by atoms with Crippen molar-refractivity contribution >= 4 is 18.5 Å². The molecule has 0 spiro atoms. The molecule has 4 heteroatoms. The largest absolute Gasteiger partial charge is 0.376 e. The van der Waals surface area contributed by atoms with Gasteiger partial charge in [-0.05, 0) is 26.0 Å². The van der Waals surface area contributed by atoms with Gasteiger partial charge in [-0.1, -0.05) is 0 Å². The van der Waals surface area contributed by atoms with Gasteiger partial charge in [0.2, 0.25) is 5.91 Å². The molecule has 3 nitrogen and oxygen atoms in total. The molecule has 0 aromatic carbocycles. The summed E-state index contributed by atoms with van der Waals surface area (Å²) in [4.78, 5) is 11.3.